The number of carboxylic acid groups (broad SMARTS) is 1. The number of methoxy groups -OCH3 is 2. The first-order chi connectivity index (χ1) is 29.8. The van der Waals surface area contributed by atoms with Gasteiger partial charge in [-0.05, 0) is 57.1 Å². The molecule has 0 aromatic heterocycles. The molecule has 2 N–H and O–H groups in total. The molecule has 1 aromatic carbocycles. The topological polar surface area (TPSA) is 152 Å². The highest BCUT2D eigenvalue weighted by Crippen LogP contribution is 2.31. The van der Waals surface area contributed by atoms with Crippen LogP contribution in [0.15, 0.2) is 30.3 Å². The van der Waals surface area contributed by atoms with Crippen molar-refractivity contribution in [3.05, 3.63) is 35.9 Å². The highest BCUT2D eigenvalue weighted by Gasteiger charge is 2.43. The van der Waals surface area contributed by atoms with Crippen molar-refractivity contribution in [2.45, 2.75) is 143 Å². The molecule has 0 spiro atoms. The summed E-state index contributed by atoms with van der Waals surface area (Å²) in [7, 11) is 6.89. The van der Waals surface area contributed by atoms with Gasteiger partial charge < -0.3 is 29.7 Å². The van der Waals surface area contributed by atoms with E-state index in [4.69, 9.17) is 9.47 Å². The van der Waals surface area contributed by atoms with Crippen LogP contribution in [-0.4, -0.2) is 176 Å². The van der Waals surface area contributed by atoms with Crippen molar-refractivity contribution in [2.24, 2.45) is 29.6 Å². The Morgan fingerprint density at radius 1 is 0.857 bits per heavy atom. The molecular formula is C49H84N6O8. The Morgan fingerprint density at radius 3 is 2.02 bits per heavy atom. The molecule has 14 nitrogen and oxygen atoms in total. The number of aliphatic carboxylic acids is 1. The Morgan fingerprint density at radius 2 is 1.49 bits per heavy atom. The number of likely N-dealkylation sites (N-methyl/N-ethyl adjacent to an activating group) is 2. The molecule has 2 heterocycles. The predicted octanol–water partition coefficient (Wildman–Crippen LogP) is 4.93. The van der Waals surface area contributed by atoms with Crippen molar-refractivity contribution in [1.29, 1.82) is 0 Å². The maximum atomic E-state index is 14.7. The third-order valence-corrected chi connectivity index (χ3v) is 14.0. The number of benzene rings is 1. The Labute approximate surface area is 379 Å². The number of carboxylic acids is 1. The molecule has 358 valence electrons. The van der Waals surface area contributed by atoms with Crippen molar-refractivity contribution in [1.82, 2.24) is 29.8 Å². The third kappa shape index (κ3) is 15.1. The molecule has 0 bridgehead atoms. The number of hydrogen-bond acceptors (Lipinski definition) is 10. The predicted molar refractivity (Wildman–Crippen MR) is 248 cm³/mol. The van der Waals surface area contributed by atoms with Gasteiger partial charge in [-0.25, -0.2) is 4.79 Å². The number of carbonyl (C=O) groups excluding carboxylic acids is 4. The fraction of sp³-hybridized carbons (Fsp3) is 0.776. The van der Waals surface area contributed by atoms with Gasteiger partial charge in [0.1, 0.15) is 6.04 Å². The van der Waals surface area contributed by atoms with Gasteiger partial charge in [-0.3, -0.25) is 33.9 Å². The molecule has 1 aromatic rings. The van der Waals surface area contributed by atoms with Gasteiger partial charge in [0.2, 0.25) is 17.7 Å². The van der Waals surface area contributed by atoms with E-state index >= 15 is 0 Å². The number of Topliss-reactive ketones (excluding diaryl/α,β-unsaturated/α-hetero) is 1. The summed E-state index contributed by atoms with van der Waals surface area (Å²) in [4.78, 5) is 79.7. The van der Waals surface area contributed by atoms with E-state index in [1.54, 1.807) is 30.9 Å². The summed E-state index contributed by atoms with van der Waals surface area (Å²) in [5.41, 5.74) is 0.790. The molecule has 2 fully saturated rings. The number of hydrogen-bond donors (Lipinski definition) is 2. The lowest BCUT2D eigenvalue weighted by molar-refractivity contribution is -0.149. The Hall–Kier alpha value is -3.43. The van der Waals surface area contributed by atoms with E-state index in [0.717, 1.165) is 51.3 Å². The van der Waals surface area contributed by atoms with Crippen LogP contribution in [0.1, 0.15) is 100.0 Å². The first-order valence-electron chi connectivity index (χ1n) is 23.7. The average Bonchev–Trinajstić information content (AvgIpc) is 3.74. The zero-order chi connectivity index (χ0) is 47.1. The summed E-state index contributed by atoms with van der Waals surface area (Å²) in [5, 5.41) is 12.7. The molecule has 14 heteroatoms. The summed E-state index contributed by atoms with van der Waals surface area (Å²) in [6, 6.07) is 7.37. The first-order valence-corrected chi connectivity index (χ1v) is 23.7. The summed E-state index contributed by atoms with van der Waals surface area (Å²) < 4.78 is 12.0. The van der Waals surface area contributed by atoms with Crippen molar-refractivity contribution in [2.75, 3.05) is 74.1 Å². The fourth-order valence-corrected chi connectivity index (χ4v) is 9.93. The Kier molecular flexibility index (Phi) is 22.2. The summed E-state index contributed by atoms with van der Waals surface area (Å²) in [6.45, 7) is 24.7. The van der Waals surface area contributed by atoms with Crippen LogP contribution in [-0.2, 0) is 39.9 Å². The van der Waals surface area contributed by atoms with Gasteiger partial charge in [0.15, 0.2) is 5.78 Å². The number of nitrogens with one attached hydrogen (secondary N) is 1. The molecule has 2 saturated heterocycles. The molecule has 3 rings (SSSR count). The Bertz CT molecular complexity index is 1590. The minimum absolute atomic E-state index is 0.00676. The van der Waals surface area contributed by atoms with Crippen LogP contribution in [0.5, 0.6) is 0 Å². The third-order valence-electron chi connectivity index (χ3n) is 14.0. The van der Waals surface area contributed by atoms with Crippen LogP contribution in [0.4, 0.5) is 0 Å². The minimum atomic E-state index is -1.13. The fourth-order valence-electron chi connectivity index (χ4n) is 9.93. The molecule has 3 amide bonds. The number of nitrogens with zero attached hydrogens (tertiary/aromatic N) is 5. The molecule has 0 unspecified atom stereocenters. The van der Waals surface area contributed by atoms with Gasteiger partial charge in [-0.1, -0.05) is 85.2 Å². The quantitative estimate of drug-likeness (QED) is 0.130. The van der Waals surface area contributed by atoms with Crippen LogP contribution in [0.2, 0.25) is 0 Å². The zero-order valence-corrected chi connectivity index (χ0v) is 41.0. The van der Waals surface area contributed by atoms with Crippen molar-refractivity contribution in [3.8, 4) is 0 Å². The van der Waals surface area contributed by atoms with E-state index in [1.165, 1.54) is 7.11 Å². The molecule has 0 saturated carbocycles. The van der Waals surface area contributed by atoms with E-state index in [2.05, 4.69) is 61.6 Å². The van der Waals surface area contributed by atoms with Crippen LogP contribution < -0.4 is 5.32 Å². The zero-order valence-electron chi connectivity index (χ0n) is 41.0. The molecule has 2 aliphatic rings. The van der Waals surface area contributed by atoms with Gasteiger partial charge >= 0.3 is 5.97 Å². The molecule has 0 aliphatic carbocycles. The number of ether oxygens (including phenoxy) is 2. The summed E-state index contributed by atoms with van der Waals surface area (Å²) in [5.74, 6) is -3.17. The number of likely N-dealkylation sites (tertiary alicyclic amines) is 1. The van der Waals surface area contributed by atoms with E-state index in [9.17, 15) is 29.1 Å². The van der Waals surface area contributed by atoms with Crippen LogP contribution in [0, 0.1) is 29.6 Å². The standard InChI is InChI=1S/C49H84N6O8/c1-14-35(8)45(52(11)48(59)38(32(2)3)30-41(56)44(33(4)5)51(10)23-24-53-25-27-54(28-26-53)34(6)7)42(62-12)31-43(57)55-22-18-21-40(55)46(63-13)36(9)47(58)50-39(49(60)61)29-37-19-16-15-17-20-37/h15-17,19-20,32-36,38-40,42,44-46H,14,18,21-31H2,1-13H3,(H,50,58)(H,60,61)/t35-,36+,38-,39-,40-,42+,44-,45-,46+/m0/s1. The lowest BCUT2D eigenvalue weighted by atomic mass is 9.83. The summed E-state index contributed by atoms with van der Waals surface area (Å²) in [6.07, 6.45) is 1.01. The highest BCUT2D eigenvalue weighted by atomic mass is 16.5. The van der Waals surface area contributed by atoms with Gasteiger partial charge in [0, 0.05) is 91.9 Å². The van der Waals surface area contributed by atoms with Gasteiger partial charge in [0.05, 0.1) is 42.7 Å². The van der Waals surface area contributed by atoms with Crippen LogP contribution in [0.3, 0.4) is 0 Å². The van der Waals surface area contributed by atoms with E-state index in [1.807, 2.05) is 51.2 Å². The van der Waals surface area contributed by atoms with Crippen molar-refractivity contribution >= 4 is 29.5 Å². The average molecular weight is 885 g/mol. The number of ketones is 1. The van der Waals surface area contributed by atoms with E-state index in [0.29, 0.717) is 25.4 Å². The van der Waals surface area contributed by atoms with Crippen molar-refractivity contribution < 1.29 is 38.6 Å². The lowest BCUT2D eigenvalue weighted by Gasteiger charge is -2.41. The maximum absolute atomic E-state index is 14.7. The number of rotatable bonds is 26. The van der Waals surface area contributed by atoms with Gasteiger partial charge in [-0.2, -0.15) is 0 Å². The second kappa shape index (κ2) is 25.9. The Balaban J connectivity index is 1.73. The monoisotopic (exact) mass is 885 g/mol. The van der Waals surface area contributed by atoms with Crippen LogP contribution in [0.25, 0.3) is 0 Å². The number of carbonyl (C=O) groups is 5. The maximum Gasteiger partial charge on any atom is 0.326 e. The molecular weight excluding hydrogens is 801 g/mol. The van der Waals surface area contributed by atoms with Crippen LogP contribution >= 0.6 is 0 Å². The minimum Gasteiger partial charge on any atom is -0.480 e. The van der Waals surface area contributed by atoms with E-state index in [-0.39, 0.29) is 60.7 Å². The highest BCUT2D eigenvalue weighted by molar-refractivity contribution is 5.90. The molecule has 2 aliphatic heterocycles. The second-order valence-electron chi connectivity index (χ2n) is 19.3. The SMILES string of the molecule is CC[C@H](C)[C@@H]([C@@H](CC(=O)N1CCC[C@H]1[C@H](OC)[C@@H](C)C(=O)N[C@@H](Cc1ccccc1)C(=O)O)OC)N(C)C(=O)[C@@H](CC(=O)[C@H](C(C)C)N(C)CCN1CCN(C(C)C)CC1)C(C)C. The lowest BCUT2D eigenvalue weighted by Crippen LogP contribution is -2.55. The smallest absolute Gasteiger partial charge is 0.326 e. The number of amides is 3. The normalized spacial score (nSPS) is 20.3. The second-order valence-corrected chi connectivity index (χ2v) is 19.3. The van der Waals surface area contributed by atoms with Crippen molar-refractivity contribution in [3.63, 3.8) is 0 Å². The number of piperazine rings is 1. The molecule has 63 heavy (non-hydrogen) atoms. The summed E-state index contributed by atoms with van der Waals surface area (Å²) >= 11 is 0. The van der Waals surface area contributed by atoms with E-state index < -0.39 is 54.0 Å². The van der Waals surface area contributed by atoms with Gasteiger partial charge in [-0.15, -0.1) is 0 Å². The molecule has 9 atom stereocenters. The molecule has 0 radical (unpaired) electrons. The largest absolute Gasteiger partial charge is 0.480 e. The van der Waals surface area contributed by atoms with Gasteiger partial charge in [0.25, 0.3) is 0 Å². The first kappa shape index (κ1) is 53.9.